The normalized spacial score (nSPS) is 11.4. The Labute approximate surface area is 143 Å². The van der Waals surface area contributed by atoms with Gasteiger partial charge in [-0.15, -0.1) is 0 Å². The summed E-state index contributed by atoms with van der Waals surface area (Å²) >= 11 is 1.48. The van der Waals surface area contributed by atoms with E-state index < -0.39 is 15.9 Å². The summed E-state index contributed by atoms with van der Waals surface area (Å²) in [5.74, 6) is 0.265. The highest BCUT2D eigenvalue weighted by molar-refractivity contribution is 7.98. The van der Waals surface area contributed by atoms with Crippen LogP contribution in [0.3, 0.4) is 0 Å². The second kappa shape index (κ2) is 8.32. The van der Waals surface area contributed by atoms with Gasteiger partial charge in [0, 0.05) is 18.1 Å². The molecule has 2 rings (SSSR count). The number of hydrogen-bond donors (Lipinski definition) is 2. The van der Waals surface area contributed by atoms with Crippen molar-refractivity contribution in [3.63, 3.8) is 0 Å². The molecule has 2 aromatic rings. The second-order valence-electron chi connectivity index (χ2n) is 4.73. The number of rotatable bonds is 8. The smallest absolute Gasteiger partial charge is 0.287 e. The molecule has 0 atom stereocenters. The van der Waals surface area contributed by atoms with Crippen molar-refractivity contribution < 1.29 is 22.0 Å². The van der Waals surface area contributed by atoms with Gasteiger partial charge in [0.2, 0.25) is 5.09 Å². The molecule has 0 spiro atoms. The van der Waals surface area contributed by atoms with Crippen LogP contribution in [-0.4, -0.2) is 33.7 Å². The Kier molecular flexibility index (Phi) is 6.41. The van der Waals surface area contributed by atoms with E-state index in [1.165, 1.54) is 37.0 Å². The summed E-state index contributed by atoms with van der Waals surface area (Å²) in [7, 11) is -2.46. The van der Waals surface area contributed by atoms with E-state index in [1.807, 2.05) is 0 Å². The zero-order valence-electron chi connectivity index (χ0n) is 12.9. The van der Waals surface area contributed by atoms with Crippen LogP contribution in [0.15, 0.2) is 45.9 Å². The van der Waals surface area contributed by atoms with Crippen LogP contribution in [-0.2, 0) is 15.8 Å². The molecule has 6 nitrogen and oxygen atoms in total. The van der Waals surface area contributed by atoms with Crippen LogP contribution in [0.4, 0.5) is 4.39 Å². The van der Waals surface area contributed by atoms with Crippen molar-refractivity contribution in [3.8, 4) is 0 Å². The van der Waals surface area contributed by atoms with E-state index in [1.54, 1.807) is 18.2 Å². The number of benzene rings is 1. The van der Waals surface area contributed by atoms with Gasteiger partial charge in [-0.25, -0.2) is 17.5 Å². The molecule has 0 saturated carbocycles. The van der Waals surface area contributed by atoms with E-state index in [2.05, 4.69) is 10.0 Å². The first kappa shape index (κ1) is 18.5. The molecule has 24 heavy (non-hydrogen) atoms. The number of furan rings is 1. The molecule has 1 aromatic heterocycles. The SMILES string of the molecule is CNS(=O)(=O)c1ccc(C(=O)NCCSCc2ccccc2F)o1. The highest BCUT2D eigenvalue weighted by Crippen LogP contribution is 2.15. The molecule has 2 N–H and O–H groups in total. The van der Waals surface area contributed by atoms with Gasteiger partial charge in [-0.05, 0) is 30.8 Å². The average molecular weight is 372 g/mol. The largest absolute Gasteiger partial charge is 0.438 e. The summed E-state index contributed by atoms with van der Waals surface area (Å²) in [6, 6.07) is 9.04. The molecule has 0 aliphatic carbocycles. The predicted molar refractivity (Wildman–Crippen MR) is 89.8 cm³/mol. The molecule has 0 unspecified atom stereocenters. The highest BCUT2D eigenvalue weighted by Gasteiger charge is 2.19. The minimum atomic E-state index is -3.71. The van der Waals surface area contributed by atoms with Gasteiger partial charge in [-0.1, -0.05) is 18.2 Å². The van der Waals surface area contributed by atoms with Crippen molar-refractivity contribution in [2.45, 2.75) is 10.8 Å². The number of thioether (sulfide) groups is 1. The first-order valence-electron chi connectivity index (χ1n) is 7.07. The van der Waals surface area contributed by atoms with Crippen molar-refractivity contribution in [2.75, 3.05) is 19.3 Å². The fraction of sp³-hybridized carbons (Fsp3) is 0.267. The Hall–Kier alpha value is -1.84. The van der Waals surface area contributed by atoms with Crippen LogP contribution in [0, 0.1) is 5.82 Å². The standard InChI is InChI=1S/C15H17FN2O4S2/c1-17-24(20,21)14-7-6-13(22-14)15(19)18-8-9-23-10-11-4-2-3-5-12(11)16/h2-7,17H,8-10H2,1H3,(H,18,19). The number of hydrogen-bond acceptors (Lipinski definition) is 5. The number of amides is 1. The minimum Gasteiger partial charge on any atom is -0.438 e. The summed E-state index contributed by atoms with van der Waals surface area (Å²) in [6.45, 7) is 0.354. The van der Waals surface area contributed by atoms with Gasteiger partial charge in [0.25, 0.3) is 15.9 Å². The monoisotopic (exact) mass is 372 g/mol. The first-order valence-corrected chi connectivity index (χ1v) is 9.70. The van der Waals surface area contributed by atoms with Crippen LogP contribution < -0.4 is 10.0 Å². The molecular formula is C15H17FN2O4S2. The van der Waals surface area contributed by atoms with Gasteiger partial charge >= 0.3 is 0 Å². The maximum Gasteiger partial charge on any atom is 0.287 e. The third-order valence-corrected chi connectivity index (χ3v) is 5.38. The Balaban J connectivity index is 1.77. The summed E-state index contributed by atoms with van der Waals surface area (Å²) in [5.41, 5.74) is 0.613. The lowest BCUT2D eigenvalue weighted by Crippen LogP contribution is -2.25. The summed E-state index contributed by atoms with van der Waals surface area (Å²) in [4.78, 5) is 11.9. The third-order valence-electron chi connectivity index (χ3n) is 3.09. The van der Waals surface area contributed by atoms with Gasteiger partial charge in [-0.3, -0.25) is 4.79 Å². The fourth-order valence-corrected chi connectivity index (χ4v) is 3.30. The van der Waals surface area contributed by atoms with Gasteiger partial charge in [-0.2, -0.15) is 11.8 Å². The Morgan fingerprint density at radius 1 is 1.25 bits per heavy atom. The predicted octanol–water partition coefficient (Wildman–Crippen LogP) is 1.99. The fourth-order valence-electron chi connectivity index (χ4n) is 1.81. The van der Waals surface area contributed by atoms with Crippen LogP contribution in [0.25, 0.3) is 0 Å². The molecule has 0 radical (unpaired) electrons. The molecule has 9 heteroatoms. The van der Waals surface area contributed by atoms with Crippen molar-refractivity contribution in [1.29, 1.82) is 0 Å². The average Bonchev–Trinajstić information content (AvgIpc) is 3.07. The lowest BCUT2D eigenvalue weighted by atomic mass is 10.2. The van der Waals surface area contributed by atoms with Crippen LogP contribution >= 0.6 is 11.8 Å². The number of sulfonamides is 1. The van der Waals surface area contributed by atoms with Gasteiger partial charge in [0.15, 0.2) is 5.76 Å². The number of halogens is 1. The summed E-state index contributed by atoms with van der Waals surface area (Å²) in [6.07, 6.45) is 0. The van der Waals surface area contributed by atoms with E-state index in [4.69, 9.17) is 4.42 Å². The number of carbonyl (C=O) groups is 1. The van der Waals surface area contributed by atoms with Crippen molar-refractivity contribution in [2.24, 2.45) is 0 Å². The summed E-state index contributed by atoms with van der Waals surface area (Å²) in [5, 5.41) is 2.30. The maximum absolute atomic E-state index is 13.4. The molecule has 0 fully saturated rings. The zero-order chi connectivity index (χ0) is 17.6. The van der Waals surface area contributed by atoms with Crippen LogP contribution in [0.2, 0.25) is 0 Å². The van der Waals surface area contributed by atoms with E-state index in [0.717, 1.165) is 0 Å². The lowest BCUT2D eigenvalue weighted by Gasteiger charge is -2.04. The molecule has 130 valence electrons. The highest BCUT2D eigenvalue weighted by atomic mass is 32.2. The minimum absolute atomic E-state index is 0.0806. The third kappa shape index (κ3) is 4.83. The topological polar surface area (TPSA) is 88.4 Å². The van der Waals surface area contributed by atoms with Crippen LogP contribution in [0.5, 0.6) is 0 Å². The summed E-state index contributed by atoms with van der Waals surface area (Å²) < 4.78 is 43.6. The van der Waals surface area contributed by atoms with Crippen molar-refractivity contribution in [1.82, 2.24) is 10.0 Å². The Morgan fingerprint density at radius 2 is 2.00 bits per heavy atom. The molecule has 0 bridgehead atoms. The zero-order valence-corrected chi connectivity index (χ0v) is 14.5. The number of carbonyl (C=O) groups excluding carboxylic acids is 1. The second-order valence-corrected chi connectivity index (χ2v) is 7.65. The molecule has 0 aliphatic rings. The molecule has 1 aromatic carbocycles. The molecular weight excluding hydrogens is 355 g/mol. The van der Waals surface area contributed by atoms with E-state index in [0.29, 0.717) is 23.6 Å². The quantitative estimate of drug-likeness (QED) is 0.692. The van der Waals surface area contributed by atoms with E-state index in [9.17, 15) is 17.6 Å². The molecule has 0 saturated heterocycles. The first-order chi connectivity index (χ1) is 11.4. The molecule has 1 heterocycles. The molecule has 0 aliphatic heterocycles. The maximum atomic E-state index is 13.4. The number of nitrogens with one attached hydrogen (secondary N) is 2. The molecule has 1 amide bonds. The van der Waals surface area contributed by atoms with E-state index >= 15 is 0 Å². The van der Waals surface area contributed by atoms with Gasteiger partial charge in [0.05, 0.1) is 0 Å². The van der Waals surface area contributed by atoms with E-state index in [-0.39, 0.29) is 16.7 Å². The van der Waals surface area contributed by atoms with Crippen LogP contribution in [0.1, 0.15) is 16.1 Å². The lowest BCUT2D eigenvalue weighted by molar-refractivity contribution is 0.0923. The van der Waals surface area contributed by atoms with Crippen molar-refractivity contribution in [3.05, 3.63) is 53.5 Å². The Bertz CT molecular complexity index is 805. The van der Waals surface area contributed by atoms with Crippen molar-refractivity contribution >= 4 is 27.7 Å². The van der Waals surface area contributed by atoms with Gasteiger partial charge < -0.3 is 9.73 Å². The Morgan fingerprint density at radius 3 is 2.71 bits per heavy atom. The van der Waals surface area contributed by atoms with Gasteiger partial charge in [0.1, 0.15) is 5.82 Å².